The second-order valence-corrected chi connectivity index (χ2v) is 3.98. The van der Waals surface area contributed by atoms with Crippen molar-refractivity contribution < 1.29 is 9.18 Å². The number of alkyl halides is 1. The Morgan fingerprint density at radius 3 is 3.00 bits per heavy atom. The van der Waals surface area contributed by atoms with Crippen LogP contribution < -0.4 is 10.6 Å². The van der Waals surface area contributed by atoms with E-state index >= 15 is 0 Å². The molecule has 13 heavy (non-hydrogen) atoms. The van der Waals surface area contributed by atoms with Gasteiger partial charge in [0.2, 0.25) is 5.91 Å². The molecule has 2 heterocycles. The lowest BCUT2D eigenvalue weighted by Crippen LogP contribution is -2.40. The van der Waals surface area contributed by atoms with Gasteiger partial charge in [0.15, 0.2) is 0 Å². The van der Waals surface area contributed by atoms with Crippen LogP contribution in [0.2, 0.25) is 12.1 Å². The highest BCUT2D eigenvalue weighted by molar-refractivity contribution is 6.51. The quantitative estimate of drug-likeness (QED) is 0.578. The molecular formula is C8H14BFN2O. The van der Waals surface area contributed by atoms with E-state index in [-0.39, 0.29) is 11.9 Å². The minimum atomic E-state index is -0.850. The number of nitrogens with one attached hydrogen (secondary N) is 2. The second-order valence-electron chi connectivity index (χ2n) is 3.98. The summed E-state index contributed by atoms with van der Waals surface area (Å²) in [6, 6.07) is -0.297. The first-order valence-electron chi connectivity index (χ1n) is 4.91. The van der Waals surface area contributed by atoms with Gasteiger partial charge in [-0.2, -0.15) is 0 Å². The Kier molecular flexibility index (Phi) is 2.53. The Bertz CT molecular complexity index is 210. The number of carbonyl (C=O) groups excluding carboxylic acids is 1. The molecule has 0 radical (unpaired) electrons. The molecular weight excluding hydrogens is 170 g/mol. The average molecular weight is 184 g/mol. The number of halogens is 1. The molecule has 2 N–H and O–H groups in total. The van der Waals surface area contributed by atoms with E-state index in [2.05, 4.69) is 10.6 Å². The summed E-state index contributed by atoms with van der Waals surface area (Å²) in [5.41, 5.74) is 0. The summed E-state index contributed by atoms with van der Waals surface area (Å²) < 4.78 is 12.7. The fourth-order valence-corrected chi connectivity index (χ4v) is 1.58. The fourth-order valence-electron chi connectivity index (χ4n) is 1.58. The average Bonchev–Trinajstić information content (AvgIpc) is 2.84. The third-order valence-corrected chi connectivity index (χ3v) is 2.66. The minimum Gasteiger partial charge on any atom is -0.355 e. The lowest BCUT2D eigenvalue weighted by molar-refractivity contribution is -0.122. The van der Waals surface area contributed by atoms with Gasteiger partial charge in [-0.15, -0.1) is 0 Å². The Morgan fingerprint density at radius 1 is 1.69 bits per heavy atom. The summed E-state index contributed by atoms with van der Waals surface area (Å²) in [4.78, 5) is 11.4. The van der Waals surface area contributed by atoms with Crippen LogP contribution in [0.4, 0.5) is 4.39 Å². The van der Waals surface area contributed by atoms with Crippen LogP contribution in [-0.4, -0.2) is 38.5 Å². The van der Waals surface area contributed by atoms with Gasteiger partial charge in [-0.1, -0.05) is 12.1 Å². The van der Waals surface area contributed by atoms with E-state index in [9.17, 15) is 9.18 Å². The lowest BCUT2D eigenvalue weighted by Gasteiger charge is -2.09. The first-order chi connectivity index (χ1) is 6.25. The van der Waals surface area contributed by atoms with Crippen LogP contribution in [0.1, 0.15) is 6.42 Å². The predicted octanol–water partition coefficient (Wildman–Crippen LogP) is -0.540. The van der Waals surface area contributed by atoms with Crippen molar-refractivity contribution in [1.29, 1.82) is 0 Å². The Balaban J connectivity index is 1.69. The third-order valence-electron chi connectivity index (χ3n) is 2.66. The molecule has 2 saturated heterocycles. The molecule has 0 bridgehead atoms. The molecule has 72 valence electrons. The highest BCUT2D eigenvalue weighted by atomic mass is 19.1. The van der Waals surface area contributed by atoms with Crippen molar-refractivity contribution in [3.63, 3.8) is 0 Å². The van der Waals surface area contributed by atoms with Gasteiger partial charge in [0, 0.05) is 19.5 Å². The third kappa shape index (κ3) is 2.43. The molecule has 3 nitrogen and oxygen atoms in total. The van der Waals surface area contributed by atoms with Gasteiger partial charge in [0.25, 0.3) is 0 Å². The predicted molar refractivity (Wildman–Crippen MR) is 50.0 cm³/mol. The van der Waals surface area contributed by atoms with E-state index in [0.717, 1.165) is 6.54 Å². The zero-order valence-corrected chi connectivity index (χ0v) is 7.55. The van der Waals surface area contributed by atoms with E-state index in [0.29, 0.717) is 18.8 Å². The van der Waals surface area contributed by atoms with Crippen molar-refractivity contribution >= 4 is 13.2 Å². The Hall–Kier alpha value is -0.575. The molecule has 2 aliphatic heterocycles. The molecule has 1 unspecified atom stereocenters. The van der Waals surface area contributed by atoms with Crippen LogP contribution in [-0.2, 0) is 4.79 Å². The number of amides is 1. The second kappa shape index (κ2) is 3.66. The summed E-state index contributed by atoms with van der Waals surface area (Å²) in [5, 5.41) is 5.70. The molecule has 0 aromatic carbocycles. The van der Waals surface area contributed by atoms with Gasteiger partial charge in [-0.05, 0) is 0 Å². The maximum atomic E-state index is 12.7. The topological polar surface area (TPSA) is 41.1 Å². The first-order valence-corrected chi connectivity index (χ1v) is 4.91. The highest BCUT2D eigenvalue weighted by Crippen LogP contribution is 2.25. The van der Waals surface area contributed by atoms with E-state index in [4.69, 9.17) is 0 Å². The molecule has 2 aliphatic rings. The van der Waals surface area contributed by atoms with Crippen LogP contribution in [0, 0.1) is 0 Å². The zero-order chi connectivity index (χ0) is 9.26. The molecule has 0 aromatic heterocycles. The smallest absolute Gasteiger partial charge is 0.237 e. The standard InChI is InChI=1S/C8H14BFN2O/c10-6-1-7(11-4-6)8(13)12-3-5-2-9-5/h5-7,9,11H,1-4H2,(H,12,13)/t5?,6-,7+/m1/s1. The van der Waals surface area contributed by atoms with E-state index in [1.807, 2.05) is 0 Å². The van der Waals surface area contributed by atoms with Crippen molar-refractivity contribution in [2.24, 2.45) is 0 Å². The largest absolute Gasteiger partial charge is 0.355 e. The maximum Gasteiger partial charge on any atom is 0.237 e. The Morgan fingerprint density at radius 2 is 2.46 bits per heavy atom. The number of hydrogen-bond acceptors (Lipinski definition) is 2. The van der Waals surface area contributed by atoms with Gasteiger partial charge >= 0.3 is 0 Å². The normalized spacial score (nSPS) is 36.8. The summed E-state index contributed by atoms with van der Waals surface area (Å²) in [7, 11) is 1.23. The monoisotopic (exact) mass is 184 g/mol. The van der Waals surface area contributed by atoms with E-state index < -0.39 is 6.17 Å². The summed E-state index contributed by atoms with van der Waals surface area (Å²) in [6.45, 7) is 1.09. The van der Waals surface area contributed by atoms with Gasteiger partial charge < -0.3 is 10.6 Å². The summed E-state index contributed by atoms with van der Waals surface area (Å²) in [5.74, 6) is 0.651. The molecule has 3 atom stereocenters. The fraction of sp³-hybridized carbons (Fsp3) is 0.875. The summed E-state index contributed by atoms with van der Waals surface area (Å²) in [6.07, 6.45) is 0.706. The van der Waals surface area contributed by atoms with Gasteiger partial charge in [0.05, 0.1) is 6.04 Å². The Labute approximate surface area is 77.7 Å². The maximum absolute atomic E-state index is 12.7. The van der Waals surface area contributed by atoms with Crippen LogP contribution in [0.5, 0.6) is 0 Å². The molecule has 0 aromatic rings. The number of hydrogen-bond donors (Lipinski definition) is 2. The number of carbonyl (C=O) groups is 1. The highest BCUT2D eigenvalue weighted by Gasteiger charge is 2.30. The van der Waals surface area contributed by atoms with E-state index in [1.165, 1.54) is 13.6 Å². The van der Waals surface area contributed by atoms with Crippen LogP contribution in [0.25, 0.3) is 0 Å². The van der Waals surface area contributed by atoms with Crippen LogP contribution in [0.15, 0.2) is 0 Å². The van der Waals surface area contributed by atoms with Crippen molar-refractivity contribution in [3.05, 3.63) is 0 Å². The lowest BCUT2D eigenvalue weighted by atomic mass is 10.0. The van der Waals surface area contributed by atoms with Gasteiger partial charge in [-0.3, -0.25) is 4.79 Å². The van der Waals surface area contributed by atoms with E-state index in [1.54, 1.807) is 0 Å². The first kappa shape index (κ1) is 9.00. The molecule has 1 amide bonds. The van der Waals surface area contributed by atoms with Gasteiger partial charge in [-0.25, -0.2) is 4.39 Å². The molecule has 2 fully saturated rings. The van der Waals surface area contributed by atoms with Crippen molar-refractivity contribution in [3.8, 4) is 0 Å². The van der Waals surface area contributed by atoms with Gasteiger partial charge in [0.1, 0.15) is 13.5 Å². The van der Waals surface area contributed by atoms with Crippen molar-refractivity contribution in [1.82, 2.24) is 10.6 Å². The molecule has 0 saturated carbocycles. The molecule has 2 rings (SSSR count). The minimum absolute atomic E-state index is 0.0351. The van der Waals surface area contributed by atoms with Crippen molar-refractivity contribution in [2.45, 2.75) is 30.8 Å². The zero-order valence-electron chi connectivity index (χ0n) is 7.55. The van der Waals surface area contributed by atoms with Crippen LogP contribution >= 0.6 is 0 Å². The molecule has 0 aliphatic carbocycles. The van der Waals surface area contributed by atoms with Crippen LogP contribution in [0.3, 0.4) is 0 Å². The van der Waals surface area contributed by atoms with Crippen molar-refractivity contribution in [2.75, 3.05) is 13.1 Å². The molecule has 5 heteroatoms. The summed E-state index contributed by atoms with van der Waals surface area (Å²) >= 11 is 0. The SMILES string of the molecule is O=C(NCC1BC1)[C@@H]1C[C@@H](F)CN1. The molecule has 0 spiro atoms. The number of rotatable bonds is 3.